The van der Waals surface area contributed by atoms with Crippen LogP contribution in [0.4, 0.5) is 31.9 Å². The molecular weight excluding hydrogens is 462 g/mol. The van der Waals surface area contributed by atoms with Crippen molar-refractivity contribution in [3.8, 4) is 0 Å². The smallest absolute Gasteiger partial charge is 0.235 e. The zero-order chi connectivity index (χ0) is 23.7. The van der Waals surface area contributed by atoms with E-state index in [0.29, 0.717) is 30.6 Å². The van der Waals surface area contributed by atoms with E-state index in [1.54, 1.807) is 0 Å². The standard InChI is InChI=1S/C23H30F2N6O2S/c24-18-8-7-17(13-21(18)31-11-4-12-34(31,32)33)28-23-27-15-19(25)22(29-23)26-14-16-5-3-10-30-9-2-1-6-20(16)30/h7-8,13,15-16,20H,1-6,9-12,14H2,(H2,26,27,28,29)/t16-,20+/m0/s1. The number of anilines is 4. The number of nitrogens with one attached hydrogen (secondary N) is 2. The van der Waals surface area contributed by atoms with Gasteiger partial charge in [0.2, 0.25) is 16.0 Å². The van der Waals surface area contributed by atoms with Gasteiger partial charge in [0.1, 0.15) is 5.82 Å². The molecule has 8 nitrogen and oxygen atoms in total. The van der Waals surface area contributed by atoms with Crippen LogP contribution in [0, 0.1) is 17.6 Å². The number of hydrogen-bond acceptors (Lipinski definition) is 7. The Kier molecular flexibility index (Phi) is 6.57. The fourth-order valence-corrected chi connectivity index (χ4v) is 6.98. The van der Waals surface area contributed by atoms with Gasteiger partial charge in [-0.05, 0) is 69.3 Å². The SMILES string of the molecule is O=S1(=O)CCCN1c1cc(Nc2ncc(F)c(NC[C@@H]3CCCN4CCCC[C@H]34)n2)ccc1F. The molecule has 2 atom stereocenters. The third-order valence-corrected chi connectivity index (χ3v) is 8.93. The van der Waals surface area contributed by atoms with Crippen molar-refractivity contribution >= 4 is 33.2 Å². The Morgan fingerprint density at radius 2 is 1.88 bits per heavy atom. The minimum Gasteiger partial charge on any atom is -0.367 e. The summed E-state index contributed by atoms with van der Waals surface area (Å²) in [6, 6.07) is 4.63. The lowest BCUT2D eigenvalue weighted by atomic mass is 9.83. The summed E-state index contributed by atoms with van der Waals surface area (Å²) in [5.74, 6) is -0.447. The molecule has 4 heterocycles. The van der Waals surface area contributed by atoms with E-state index in [1.165, 1.54) is 37.5 Å². The molecule has 0 amide bonds. The maximum Gasteiger partial charge on any atom is 0.235 e. The summed E-state index contributed by atoms with van der Waals surface area (Å²) >= 11 is 0. The van der Waals surface area contributed by atoms with Gasteiger partial charge >= 0.3 is 0 Å². The quantitative estimate of drug-likeness (QED) is 0.635. The molecule has 0 unspecified atom stereocenters. The van der Waals surface area contributed by atoms with Crippen LogP contribution in [-0.2, 0) is 10.0 Å². The number of benzene rings is 1. The number of aromatic nitrogens is 2. The van der Waals surface area contributed by atoms with Crippen LogP contribution in [0.15, 0.2) is 24.4 Å². The van der Waals surface area contributed by atoms with Gasteiger partial charge in [-0.1, -0.05) is 6.42 Å². The maximum atomic E-state index is 14.5. The Morgan fingerprint density at radius 3 is 2.71 bits per heavy atom. The van der Waals surface area contributed by atoms with Crippen LogP contribution in [0.2, 0.25) is 0 Å². The van der Waals surface area contributed by atoms with Gasteiger partial charge in [-0.3, -0.25) is 4.31 Å². The molecule has 5 rings (SSSR count). The molecule has 1 aromatic heterocycles. The zero-order valence-corrected chi connectivity index (χ0v) is 19.8. The van der Waals surface area contributed by atoms with Crippen LogP contribution in [0.3, 0.4) is 0 Å². The predicted octanol–water partition coefficient (Wildman–Crippen LogP) is 3.71. The maximum absolute atomic E-state index is 14.5. The number of fused-ring (bicyclic) bond motifs is 1. The summed E-state index contributed by atoms with van der Waals surface area (Å²) in [7, 11) is -3.52. The molecule has 0 radical (unpaired) electrons. The molecule has 2 aromatic rings. The first-order valence-electron chi connectivity index (χ1n) is 12.0. The van der Waals surface area contributed by atoms with Crippen molar-refractivity contribution < 1.29 is 17.2 Å². The molecule has 11 heteroatoms. The Balaban J connectivity index is 1.29. The number of hydrogen-bond donors (Lipinski definition) is 2. The number of halogens is 2. The summed E-state index contributed by atoms with van der Waals surface area (Å²) in [6.07, 6.45) is 7.50. The van der Waals surface area contributed by atoms with Gasteiger partial charge in [-0.25, -0.2) is 22.2 Å². The summed E-state index contributed by atoms with van der Waals surface area (Å²) in [5.41, 5.74) is 0.401. The van der Waals surface area contributed by atoms with Crippen molar-refractivity contribution in [2.45, 2.75) is 44.6 Å². The van der Waals surface area contributed by atoms with E-state index >= 15 is 0 Å². The first-order valence-corrected chi connectivity index (χ1v) is 13.6. The number of rotatable bonds is 6. The predicted molar refractivity (Wildman–Crippen MR) is 128 cm³/mol. The summed E-state index contributed by atoms with van der Waals surface area (Å²) in [4.78, 5) is 10.9. The number of piperidine rings is 2. The van der Waals surface area contributed by atoms with E-state index in [0.717, 1.165) is 36.4 Å². The van der Waals surface area contributed by atoms with Crippen LogP contribution in [0.1, 0.15) is 38.5 Å². The van der Waals surface area contributed by atoms with E-state index in [2.05, 4.69) is 25.5 Å². The molecule has 2 N–H and O–H groups in total. The highest BCUT2D eigenvalue weighted by Gasteiger charge is 2.33. The van der Waals surface area contributed by atoms with Crippen molar-refractivity contribution in [3.05, 3.63) is 36.0 Å². The fourth-order valence-electron chi connectivity index (χ4n) is 5.42. The number of sulfonamides is 1. The molecule has 3 aliphatic rings. The van der Waals surface area contributed by atoms with Gasteiger partial charge in [0, 0.05) is 24.8 Å². The van der Waals surface area contributed by atoms with E-state index in [9.17, 15) is 17.2 Å². The second-order valence-electron chi connectivity index (χ2n) is 9.31. The first kappa shape index (κ1) is 23.2. The Morgan fingerprint density at radius 1 is 1.03 bits per heavy atom. The van der Waals surface area contributed by atoms with Crippen molar-refractivity contribution in [3.63, 3.8) is 0 Å². The molecule has 3 aliphatic heterocycles. The molecular formula is C23H30F2N6O2S. The second kappa shape index (κ2) is 9.61. The van der Waals surface area contributed by atoms with E-state index in [1.807, 2.05) is 0 Å². The lowest BCUT2D eigenvalue weighted by Gasteiger charge is -2.44. The summed E-state index contributed by atoms with van der Waals surface area (Å²) in [6.45, 7) is 3.18. The lowest BCUT2D eigenvalue weighted by molar-refractivity contribution is 0.0648. The van der Waals surface area contributed by atoms with Crippen LogP contribution in [0.25, 0.3) is 0 Å². The Bertz CT molecular complexity index is 1150. The third kappa shape index (κ3) is 4.81. The monoisotopic (exact) mass is 492 g/mol. The molecule has 0 spiro atoms. The topological polar surface area (TPSA) is 90.5 Å². The van der Waals surface area contributed by atoms with Gasteiger partial charge in [-0.2, -0.15) is 4.98 Å². The van der Waals surface area contributed by atoms with Crippen LogP contribution in [-0.4, -0.2) is 61.3 Å². The van der Waals surface area contributed by atoms with Gasteiger partial charge in [-0.15, -0.1) is 0 Å². The van der Waals surface area contributed by atoms with Gasteiger partial charge in [0.25, 0.3) is 0 Å². The average Bonchev–Trinajstić information content (AvgIpc) is 3.19. The highest BCUT2D eigenvalue weighted by Crippen LogP contribution is 2.32. The van der Waals surface area contributed by atoms with Gasteiger partial charge in [0.15, 0.2) is 11.6 Å². The van der Waals surface area contributed by atoms with E-state index in [-0.39, 0.29) is 29.8 Å². The summed E-state index contributed by atoms with van der Waals surface area (Å²) in [5, 5.41) is 6.13. The molecule has 3 fully saturated rings. The highest BCUT2D eigenvalue weighted by atomic mass is 32.2. The van der Waals surface area contributed by atoms with Gasteiger partial charge in [0.05, 0.1) is 17.6 Å². The molecule has 0 aliphatic carbocycles. The minimum absolute atomic E-state index is 0.000188. The van der Waals surface area contributed by atoms with Crippen LogP contribution < -0.4 is 14.9 Å². The Labute approximate surface area is 198 Å². The zero-order valence-electron chi connectivity index (χ0n) is 19.0. The van der Waals surface area contributed by atoms with Crippen LogP contribution >= 0.6 is 0 Å². The molecule has 0 saturated carbocycles. The number of nitrogens with zero attached hydrogens (tertiary/aromatic N) is 4. The van der Waals surface area contributed by atoms with Crippen molar-refractivity contribution in [1.29, 1.82) is 0 Å². The van der Waals surface area contributed by atoms with Crippen molar-refractivity contribution in [2.75, 3.05) is 46.9 Å². The van der Waals surface area contributed by atoms with E-state index < -0.39 is 21.7 Å². The van der Waals surface area contributed by atoms with Crippen molar-refractivity contribution in [2.24, 2.45) is 5.92 Å². The second-order valence-corrected chi connectivity index (χ2v) is 11.3. The third-order valence-electron chi connectivity index (χ3n) is 7.07. The first-order chi connectivity index (χ1) is 16.4. The van der Waals surface area contributed by atoms with Crippen molar-refractivity contribution in [1.82, 2.24) is 14.9 Å². The summed E-state index contributed by atoms with van der Waals surface area (Å²) < 4.78 is 54.4. The minimum atomic E-state index is -3.52. The molecule has 0 bridgehead atoms. The normalized spacial score (nSPS) is 24.6. The van der Waals surface area contributed by atoms with Crippen LogP contribution in [0.5, 0.6) is 0 Å². The molecule has 34 heavy (non-hydrogen) atoms. The fraction of sp³-hybridized carbons (Fsp3) is 0.565. The van der Waals surface area contributed by atoms with E-state index in [4.69, 9.17) is 0 Å². The Hall–Kier alpha value is -2.53. The molecule has 3 saturated heterocycles. The van der Waals surface area contributed by atoms with Gasteiger partial charge < -0.3 is 15.5 Å². The molecule has 1 aromatic carbocycles. The molecule has 184 valence electrons. The largest absolute Gasteiger partial charge is 0.367 e. The average molecular weight is 493 g/mol. The lowest BCUT2D eigenvalue weighted by Crippen LogP contribution is -2.49. The highest BCUT2D eigenvalue weighted by molar-refractivity contribution is 7.93.